The molecule has 0 radical (unpaired) electrons. The van der Waals surface area contributed by atoms with Crippen molar-refractivity contribution in [2.24, 2.45) is 0 Å². The molecule has 5 nitrogen and oxygen atoms in total. The monoisotopic (exact) mass is 432 g/mol. The van der Waals surface area contributed by atoms with Gasteiger partial charge in [0.15, 0.2) is 0 Å². The Morgan fingerprint density at radius 1 is 0.969 bits per heavy atom. The first-order valence-electron chi connectivity index (χ1n) is 11.9. The van der Waals surface area contributed by atoms with Crippen LogP contribution in [-0.2, 0) is 4.74 Å². The van der Waals surface area contributed by atoms with Gasteiger partial charge in [-0.1, -0.05) is 49.6 Å². The Bertz CT molecular complexity index is 1110. The van der Waals surface area contributed by atoms with Gasteiger partial charge in [-0.2, -0.15) is 0 Å². The van der Waals surface area contributed by atoms with Gasteiger partial charge in [0.05, 0.1) is 26.4 Å². The number of ether oxygens (including phenoxy) is 2. The molecule has 3 aromatic rings. The van der Waals surface area contributed by atoms with Crippen LogP contribution in [0.15, 0.2) is 59.4 Å². The van der Waals surface area contributed by atoms with Crippen molar-refractivity contribution in [1.29, 1.82) is 0 Å². The van der Waals surface area contributed by atoms with Crippen LogP contribution < -0.4 is 10.3 Å². The van der Waals surface area contributed by atoms with Crippen LogP contribution in [0.4, 0.5) is 0 Å². The molecule has 0 spiro atoms. The Morgan fingerprint density at radius 3 is 2.41 bits per heavy atom. The highest BCUT2D eigenvalue weighted by molar-refractivity contribution is 5.82. The maximum Gasteiger partial charge on any atom is 0.258 e. The number of pyridine rings is 1. The molecule has 1 saturated carbocycles. The Morgan fingerprint density at radius 2 is 1.69 bits per heavy atom. The maximum absolute atomic E-state index is 13.9. The Balaban J connectivity index is 1.72. The number of hydrogen-bond acceptors (Lipinski definition) is 4. The van der Waals surface area contributed by atoms with E-state index < -0.39 is 0 Å². The molecule has 1 aromatic heterocycles. The molecule has 168 valence electrons. The zero-order valence-electron chi connectivity index (χ0n) is 18.8. The van der Waals surface area contributed by atoms with Gasteiger partial charge in [-0.05, 0) is 48.1 Å². The third kappa shape index (κ3) is 4.07. The van der Waals surface area contributed by atoms with E-state index in [4.69, 9.17) is 9.47 Å². The largest absolute Gasteiger partial charge is 0.497 e. The van der Waals surface area contributed by atoms with Gasteiger partial charge in [-0.3, -0.25) is 9.69 Å². The normalized spacial score (nSPS) is 19.2. The van der Waals surface area contributed by atoms with Crippen molar-refractivity contribution in [3.05, 3.63) is 76.2 Å². The van der Waals surface area contributed by atoms with Crippen molar-refractivity contribution in [1.82, 2.24) is 9.47 Å². The highest BCUT2D eigenvalue weighted by Crippen LogP contribution is 2.36. The molecule has 2 fully saturated rings. The fraction of sp³-hybridized carbons (Fsp3) is 0.444. The van der Waals surface area contributed by atoms with Gasteiger partial charge >= 0.3 is 0 Å². The maximum atomic E-state index is 13.9. The SMILES string of the molecule is COc1ccc(C(c2cc3ccccc3c(=O)n2C2CCCCC2)N2CCOCC2)cc1. The predicted molar refractivity (Wildman–Crippen MR) is 128 cm³/mol. The van der Waals surface area contributed by atoms with Crippen molar-refractivity contribution >= 4 is 10.8 Å². The second-order valence-corrected chi connectivity index (χ2v) is 8.95. The molecule has 1 aliphatic heterocycles. The summed E-state index contributed by atoms with van der Waals surface area (Å²) in [5.74, 6) is 0.845. The van der Waals surface area contributed by atoms with E-state index in [1.165, 1.54) is 24.8 Å². The number of nitrogens with zero attached hydrogens (tertiary/aromatic N) is 2. The minimum Gasteiger partial charge on any atom is -0.497 e. The van der Waals surface area contributed by atoms with E-state index in [-0.39, 0.29) is 17.6 Å². The molecule has 1 atom stereocenters. The zero-order valence-corrected chi connectivity index (χ0v) is 18.8. The number of morpholine rings is 1. The number of methoxy groups -OCH3 is 1. The highest BCUT2D eigenvalue weighted by Gasteiger charge is 2.30. The summed E-state index contributed by atoms with van der Waals surface area (Å²) >= 11 is 0. The minimum absolute atomic E-state index is 0.00374. The molecule has 0 amide bonds. The van der Waals surface area contributed by atoms with E-state index in [2.05, 4.69) is 33.7 Å². The molecule has 5 rings (SSSR count). The molecule has 32 heavy (non-hydrogen) atoms. The van der Waals surface area contributed by atoms with Crippen LogP contribution in [-0.4, -0.2) is 42.9 Å². The van der Waals surface area contributed by atoms with Gasteiger partial charge < -0.3 is 14.0 Å². The van der Waals surface area contributed by atoms with Crippen molar-refractivity contribution in [3.8, 4) is 5.75 Å². The van der Waals surface area contributed by atoms with Crippen LogP contribution in [0.2, 0.25) is 0 Å². The van der Waals surface area contributed by atoms with Gasteiger partial charge in [0.25, 0.3) is 5.56 Å². The van der Waals surface area contributed by atoms with E-state index >= 15 is 0 Å². The van der Waals surface area contributed by atoms with E-state index in [9.17, 15) is 4.79 Å². The second kappa shape index (κ2) is 9.47. The quantitative estimate of drug-likeness (QED) is 0.573. The Labute approximate surface area is 189 Å². The third-order valence-electron chi connectivity index (χ3n) is 7.05. The van der Waals surface area contributed by atoms with E-state index in [1.54, 1.807) is 7.11 Å². The second-order valence-electron chi connectivity index (χ2n) is 8.95. The van der Waals surface area contributed by atoms with Crippen LogP contribution >= 0.6 is 0 Å². The number of fused-ring (bicyclic) bond motifs is 1. The summed E-state index contributed by atoms with van der Waals surface area (Å²) in [6.07, 6.45) is 5.79. The zero-order chi connectivity index (χ0) is 21.9. The molecule has 1 unspecified atom stereocenters. The van der Waals surface area contributed by atoms with Gasteiger partial charge in [-0.25, -0.2) is 0 Å². The van der Waals surface area contributed by atoms with Crippen LogP contribution in [0.3, 0.4) is 0 Å². The summed E-state index contributed by atoms with van der Waals surface area (Å²) < 4.78 is 13.2. The van der Waals surface area contributed by atoms with Gasteiger partial charge in [0, 0.05) is 30.2 Å². The molecule has 2 heterocycles. The third-order valence-corrected chi connectivity index (χ3v) is 7.05. The standard InChI is InChI=1S/C27H32N2O3/c1-31-23-13-11-20(12-14-23)26(28-15-17-32-18-16-28)25-19-21-7-5-6-10-24(21)27(30)29(25)22-8-3-2-4-9-22/h5-7,10-14,19,22,26H,2-4,8-9,15-18H2,1H3. The predicted octanol–water partition coefficient (Wildman–Crippen LogP) is 4.94. The molecule has 0 N–H and O–H groups in total. The smallest absolute Gasteiger partial charge is 0.258 e. The average molecular weight is 433 g/mol. The first-order valence-corrected chi connectivity index (χ1v) is 11.9. The van der Waals surface area contributed by atoms with Crippen molar-refractivity contribution in [2.45, 2.75) is 44.2 Å². The average Bonchev–Trinajstić information content (AvgIpc) is 2.86. The lowest BCUT2D eigenvalue weighted by Crippen LogP contribution is -2.42. The highest BCUT2D eigenvalue weighted by atomic mass is 16.5. The summed E-state index contributed by atoms with van der Waals surface area (Å²) in [5, 5.41) is 1.84. The Hall–Kier alpha value is -2.63. The number of hydrogen-bond donors (Lipinski definition) is 0. The summed E-state index contributed by atoms with van der Waals surface area (Å²) in [4.78, 5) is 16.3. The summed E-state index contributed by atoms with van der Waals surface area (Å²) in [7, 11) is 1.69. The van der Waals surface area contributed by atoms with Crippen LogP contribution in [0.1, 0.15) is 55.4 Å². The molecule has 5 heteroatoms. The van der Waals surface area contributed by atoms with Crippen molar-refractivity contribution in [3.63, 3.8) is 0 Å². The molecule has 1 aliphatic carbocycles. The molecule has 2 aliphatic rings. The van der Waals surface area contributed by atoms with Crippen LogP contribution in [0.5, 0.6) is 5.75 Å². The van der Waals surface area contributed by atoms with Crippen molar-refractivity contribution < 1.29 is 9.47 Å². The van der Waals surface area contributed by atoms with Gasteiger partial charge in [-0.15, -0.1) is 0 Å². The molecular weight excluding hydrogens is 400 g/mol. The summed E-state index contributed by atoms with van der Waals surface area (Å²) in [6, 6.07) is 18.9. The van der Waals surface area contributed by atoms with Crippen LogP contribution in [0.25, 0.3) is 10.8 Å². The Kier molecular flexibility index (Phi) is 6.28. The van der Waals surface area contributed by atoms with E-state index in [0.29, 0.717) is 13.2 Å². The van der Waals surface area contributed by atoms with E-state index in [0.717, 1.165) is 48.1 Å². The lowest BCUT2D eigenvalue weighted by Gasteiger charge is -2.38. The first kappa shape index (κ1) is 21.2. The fourth-order valence-corrected chi connectivity index (χ4v) is 5.41. The number of aromatic nitrogens is 1. The van der Waals surface area contributed by atoms with Crippen LogP contribution in [0, 0.1) is 0 Å². The molecule has 2 aromatic carbocycles. The summed E-state index contributed by atoms with van der Waals surface area (Å²) in [5.41, 5.74) is 2.44. The number of rotatable bonds is 5. The topological polar surface area (TPSA) is 43.7 Å². The number of benzene rings is 2. The lowest BCUT2D eigenvalue weighted by molar-refractivity contribution is 0.0220. The molecule has 1 saturated heterocycles. The first-order chi connectivity index (χ1) is 15.8. The lowest BCUT2D eigenvalue weighted by atomic mass is 9.92. The minimum atomic E-state index is 0.00374. The summed E-state index contributed by atoms with van der Waals surface area (Å²) in [6.45, 7) is 3.13. The molecule has 0 bridgehead atoms. The fourth-order valence-electron chi connectivity index (χ4n) is 5.41. The molecular formula is C27H32N2O3. The van der Waals surface area contributed by atoms with Gasteiger partial charge in [0.2, 0.25) is 0 Å². The van der Waals surface area contributed by atoms with E-state index in [1.807, 2.05) is 30.3 Å². The van der Waals surface area contributed by atoms with Crippen molar-refractivity contribution in [2.75, 3.05) is 33.4 Å². The van der Waals surface area contributed by atoms with Gasteiger partial charge in [0.1, 0.15) is 5.75 Å².